The zero-order valence-electron chi connectivity index (χ0n) is 15.1. The van der Waals surface area contributed by atoms with Gasteiger partial charge in [0, 0.05) is 54.3 Å². The molecule has 0 spiro atoms. The molecule has 2 aromatic rings. The quantitative estimate of drug-likeness (QED) is 0.681. The Morgan fingerprint density at radius 1 is 1.07 bits per heavy atom. The van der Waals surface area contributed by atoms with Crippen molar-refractivity contribution in [2.75, 3.05) is 37.6 Å². The van der Waals surface area contributed by atoms with Gasteiger partial charge in [-0.15, -0.1) is 0 Å². The summed E-state index contributed by atoms with van der Waals surface area (Å²) in [4.78, 5) is 16.5. The summed E-state index contributed by atoms with van der Waals surface area (Å²) in [5, 5.41) is 0.689. The van der Waals surface area contributed by atoms with Gasteiger partial charge in [-0.1, -0.05) is 33.6 Å². The predicted octanol–water partition coefficient (Wildman–Crippen LogP) is 3.12. The minimum absolute atomic E-state index is 0.0516. The Balaban J connectivity index is 1.46. The Morgan fingerprint density at radius 2 is 1.75 bits per heavy atom. The maximum Gasteiger partial charge on any atom is 0.240 e. The molecule has 28 heavy (non-hydrogen) atoms. The molecule has 1 heterocycles. The molecule has 0 aromatic heterocycles. The van der Waals surface area contributed by atoms with E-state index in [2.05, 4.69) is 25.6 Å². The number of rotatable bonds is 6. The normalized spacial score (nSPS) is 14.9. The molecular formula is C19H21BrClN3O3S. The van der Waals surface area contributed by atoms with E-state index in [1.54, 1.807) is 17.0 Å². The van der Waals surface area contributed by atoms with Crippen LogP contribution in [-0.2, 0) is 14.8 Å². The Bertz CT molecular complexity index is 930. The zero-order valence-corrected chi connectivity index (χ0v) is 18.3. The lowest BCUT2D eigenvalue weighted by Crippen LogP contribution is -2.49. The molecule has 0 aliphatic carbocycles. The van der Waals surface area contributed by atoms with Crippen LogP contribution in [0.3, 0.4) is 0 Å². The largest absolute Gasteiger partial charge is 0.368 e. The lowest BCUT2D eigenvalue weighted by molar-refractivity contribution is -0.131. The van der Waals surface area contributed by atoms with Gasteiger partial charge in [-0.3, -0.25) is 4.79 Å². The highest BCUT2D eigenvalue weighted by Crippen LogP contribution is 2.21. The summed E-state index contributed by atoms with van der Waals surface area (Å²) in [6.45, 7) is 2.72. The molecule has 1 aliphatic heterocycles. The minimum atomic E-state index is -3.61. The standard InChI is InChI=1S/C19H21BrClN3O3S/c20-15-4-6-18(7-5-15)28(26,27)22-9-8-19(25)24-12-10-23(11-13-24)17-3-1-2-16(21)14-17/h1-7,14,22H,8-13H2. The second-order valence-corrected chi connectivity index (χ2v) is 9.57. The summed E-state index contributed by atoms with van der Waals surface area (Å²) >= 11 is 9.31. The van der Waals surface area contributed by atoms with Gasteiger partial charge in [0.2, 0.25) is 15.9 Å². The van der Waals surface area contributed by atoms with Crippen molar-refractivity contribution in [1.29, 1.82) is 0 Å². The molecular weight excluding hydrogens is 466 g/mol. The van der Waals surface area contributed by atoms with Gasteiger partial charge in [0.15, 0.2) is 0 Å². The van der Waals surface area contributed by atoms with Crippen LogP contribution in [0.4, 0.5) is 5.69 Å². The Morgan fingerprint density at radius 3 is 2.39 bits per heavy atom. The molecule has 9 heteroatoms. The number of anilines is 1. The van der Waals surface area contributed by atoms with Gasteiger partial charge in [-0.2, -0.15) is 0 Å². The predicted molar refractivity (Wildman–Crippen MR) is 114 cm³/mol. The fourth-order valence-electron chi connectivity index (χ4n) is 3.03. The molecule has 1 aliphatic rings. The molecule has 1 N–H and O–H groups in total. The van der Waals surface area contributed by atoms with E-state index in [9.17, 15) is 13.2 Å². The first-order valence-electron chi connectivity index (χ1n) is 8.89. The van der Waals surface area contributed by atoms with Crippen LogP contribution in [0, 0.1) is 0 Å². The van der Waals surface area contributed by atoms with Crippen LogP contribution < -0.4 is 9.62 Å². The summed E-state index contributed by atoms with van der Waals surface area (Å²) in [6, 6.07) is 14.0. The van der Waals surface area contributed by atoms with Gasteiger partial charge in [0.1, 0.15) is 0 Å². The van der Waals surface area contributed by atoms with Gasteiger partial charge in [0.05, 0.1) is 4.90 Å². The van der Waals surface area contributed by atoms with Crippen molar-refractivity contribution in [2.24, 2.45) is 0 Å². The molecule has 0 radical (unpaired) electrons. The number of hydrogen-bond donors (Lipinski definition) is 1. The number of hydrogen-bond acceptors (Lipinski definition) is 4. The second kappa shape index (κ2) is 9.26. The average Bonchev–Trinajstić information content (AvgIpc) is 2.68. The van der Waals surface area contributed by atoms with Crippen LogP contribution in [0.5, 0.6) is 0 Å². The highest BCUT2D eigenvalue weighted by molar-refractivity contribution is 9.10. The van der Waals surface area contributed by atoms with E-state index >= 15 is 0 Å². The highest BCUT2D eigenvalue weighted by Gasteiger charge is 2.22. The average molecular weight is 487 g/mol. The maximum atomic E-state index is 12.4. The van der Waals surface area contributed by atoms with E-state index in [-0.39, 0.29) is 23.8 Å². The lowest BCUT2D eigenvalue weighted by Gasteiger charge is -2.36. The molecule has 3 rings (SSSR count). The second-order valence-electron chi connectivity index (χ2n) is 6.45. The van der Waals surface area contributed by atoms with E-state index < -0.39 is 10.0 Å². The first kappa shape index (κ1) is 21.1. The Kier molecular flexibility index (Phi) is 6.98. The van der Waals surface area contributed by atoms with Gasteiger partial charge in [-0.25, -0.2) is 13.1 Å². The smallest absolute Gasteiger partial charge is 0.240 e. The number of halogens is 2. The highest BCUT2D eigenvalue weighted by atomic mass is 79.9. The monoisotopic (exact) mass is 485 g/mol. The summed E-state index contributed by atoms with van der Waals surface area (Å²) < 4.78 is 27.8. The molecule has 150 valence electrons. The van der Waals surface area contributed by atoms with Crippen LogP contribution in [0.25, 0.3) is 0 Å². The van der Waals surface area contributed by atoms with E-state index in [1.165, 1.54) is 12.1 Å². The molecule has 0 atom stereocenters. The van der Waals surface area contributed by atoms with Crippen molar-refractivity contribution in [2.45, 2.75) is 11.3 Å². The molecule has 0 unspecified atom stereocenters. The Hall–Kier alpha value is -1.61. The van der Waals surface area contributed by atoms with Gasteiger partial charge < -0.3 is 9.80 Å². The maximum absolute atomic E-state index is 12.4. The molecule has 0 saturated carbocycles. The number of benzene rings is 2. The fourth-order valence-corrected chi connectivity index (χ4v) is 4.52. The topological polar surface area (TPSA) is 69.7 Å². The van der Waals surface area contributed by atoms with Gasteiger partial charge >= 0.3 is 0 Å². The summed E-state index contributed by atoms with van der Waals surface area (Å²) in [6.07, 6.45) is 0.132. The Labute approximate surface area is 178 Å². The van der Waals surface area contributed by atoms with Crippen LogP contribution in [-0.4, -0.2) is 51.9 Å². The number of carbonyl (C=O) groups excluding carboxylic acids is 1. The van der Waals surface area contributed by atoms with Crippen LogP contribution >= 0.6 is 27.5 Å². The molecule has 1 amide bonds. The van der Waals surface area contributed by atoms with Crippen molar-refractivity contribution >= 4 is 49.1 Å². The van der Waals surface area contributed by atoms with Gasteiger partial charge in [-0.05, 0) is 42.5 Å². The van der Waals surface area contributed by atoms with Crippen molar-refractivity contribution in [3.8, 4) is 0 Å². The van der Waals surface area contributed by atoms with Crippen molar-refractivity contribution in [3.05, 3.63) is 58.0 Å². The number of nitrogens with one attached hydrogen (secondary N) is 1. The molecule has 6 nitrogen and oxygen atoms in total. The van der Waals surface area contributed by atoms with E-state index in [1.807, 2.05) is 24.3 Å². The fraction of sp³-hybridized carbons (Fsp3) is 0.316. The lowest BCUT2D eigenvalue weighted by atomic mass is 10.2. The number of piperazine rings is 1. The molecule has 1 fully saturated rings. The number of carbonyl (C=O) groups is 1. The summed E-state index contributed by atoms with van der Waals surface area (Å²) in [5.74, 6) is -0.0516. The summed E-state index contributed by atoms with van der Waals surface area (Å²) in [7, 11) is -3.61. The molecule has 1 saturated heterocycles. The van der Waals surface area contributed by atoms with Crippen molar-refractivity contribution < 1.29 is 13.2 Å². The molecule has 2 aromatic carbocycles. The van der Waals surface area contributed by atoms with Crippen LogP contribution in [0.2, 0.25) is 5.02 Å². The summed E-state index contributed by atoms with van der Waals surface area (Å²) in [5.41, 5.74) is 1.04. The van der Waals surface area contributed by atoms with E-state index in [0.29, 0.717) is 18.1 Å². The minimum Gasteiger partial charge on any atom is -0.368 e. The van der Waals surface area contributed by atoms with E-state index in [0.717, 1.165) is 23.2 Å². The van der Waals surface area contributed by atoms with Crippen molar-refractivity contribution in [3.63, 3.8) is 0 Å². The number of nitrogens with zero attached hydrogens (tertiary/aromatic N) is 2. The molecule has 0 bridgehead atoms. The SMILES string of the molecule is O=C(CCNS(=O)(=O)c1ccc(Br)cc1)N1CCN(c2cccc(Cl)c2)CC1. The van der Waals surface area contributed by atoms with E-state index in [4.69, 9.17) is 11.6 Å². The third-order valence-corrected chi connectivity index (χ3v) is 6.80. The van der Waals surface area contributed by atoms with Crippen LogP contribution in [0.1, 0.15) is 6.42 Å². The van der Waals surface area contributed by atoms with Crippen molar-refractivity contribution in [1.82, 2.24) is 9.62 Å². The first-order chi connectivity index (χ1) is 13.3. The van der Waals surface area contributed by atoms with Crippen LogP contribution in [0.15, 0.2) is 57.9 Å². The third kappa shape index (κ3) is 5.47. The third-order valence-electron chi connectivity index (χ3n) is 4.56. The number of sulfonamides is 1. The number of amides is 1. The van der Waals surface area contributed by atoms with Gasteiger partial charge in [0.25, 0.3) is 0 Å². The first-order valence-corrected chi connectivity index (χ1v) is 11.5. The zero-order chi connectivity index (χ0) is 20.1.